The van der Waals surface area contributed by atoms with Crippen LogP contribution in [0.4, 0.5) is 5.82 Å². The van der Waals surface area contributed by atoms with Gasteiger partial charge in [-0.25, -0.2) is 0 Å². The summed E-state index contributed by atoms with van der Waals surface area (Å²) in [6, 6.07) is 1.82. The molecule has 0 aliphatic carbocycles. The van der Waals surface area contributed by atoms with Gasteiger partial charge >= 0.3 is 0 Å². The molecule has 3 heteroatoms. The number of aromatic nitrogens is 1. The van der Waals surface area contributed by atoms with Crippen molar-refractivity contribution in [3.05, 3.63) is 11.8 Å². The molecule has 0 bridgehead atoms. The zero-order chi connectivity index (χ0) is 12.3. The third kappa shape index (κ3) is 7.03. The van der Waals surface area contributed by atoms with Crippen molar-refractivity contribution in [3.63, 3.8) is 0 Å². The average Bonchev–Trinajstić information content (AvgIpc) is 2.73. The number of aryl methyl sites for hydroxylation is 1. The summed E-state index contributed by atoms with van der Waals surface area (Å²) in [5, 5.41) is 3.68. The summed E-state index contributed by atoms with van der Waals surface area (Å²) in [7, 11) is 0. The predicted molar refractivity (Wildman–Crippen MR) is 71.8 cm³/mol. The minimum atomic E-state index is 0.496. The van der Waals surface area contributed by atoms with Gasteiger partial charge in [0.05, 0.1) is 0 Å². The molecule has 1 rings (SSSR count). The summed E-state index contributed by atoms with van der Waals surface area (Å²) in [5.41, 5.74) is 5.48. The molecule has 17 heavy (non-hydrogen) atoms. The minimum Gasteiger partial charge on any atom is -0.381 e. The van der Waals surface area contributed by atoms with Crippen molar-refractivity contribution >= 4 is 5.82 Å². The molecule has 0 radical (unpaired) electrons. The van der Waals surface area contributed by atoms with Crippen LogP contribution >= 0.6 is 0 Å². The second kappa shape index (κ2) is 9.08. The van der Waals surface area contributed by atoms with Crippen molar-refractivity contribution in [2.75, 3.05) is 5.73 Å². The molecule has 0 saturated heterocycles. The van der Waals surface area contributed by atoms with Gasteiger partial charge < -0.3 is 10.3 Å². The Morgan fingerprint density at radius 3 is 2.12 bits per heavy atom. The molecule has 98 valence electrons. The third-order valence-corrected chi connectivity index (χ3v) is 3.10. The molecule has 0 fully saturated rings. The third-order valence-electron chi connectivity index (χ3n) is 3.10. The molecule has 0 amide bonds. The van der Waals surface area contributed by atoms with Crippen molar-refractivity contribution in [1.29, 1.82) is 0 Å². The zero-order valence-electron chi connectivity index (χ0n) is 11.1. The highest BCUT2D eigenvalue weighted by molar-refractivity contribution is 5.26. The van der Waals surface area contributed by atoms with Crippen LogP contribution < -0.4 is 5.73 Å². The fourth-order valence-corrected chi connectivity index (χ4v) is 2.06. The van der Waals surface area contributed by atoms with Crippen LogP contribution in [0.25, 0.3) is 0 Å². The lowest BCUT2D eigenvalue weighted by atomic mass is 10.1. The average molecular weight is 238 g/mol. The van der Waals surface area contributed by atoms with E-state index in [0.717, 1.165) is 12.2 Å². The molecule has 1 aromatic heterocycles. The van der Waals surface area contributed by atoms with Crippen LogP contribution in [-0.4, -0.2) is 5.16 Å². The monoisotopic (exact) mass is 238 g/mol. The van der Waals surface area contributed by atoms with E-state index in [0.29, 0.717) is 5.82 Å². The number of nitrogen functional groups attached to an aromatic ring is 1. The van der Waals surface area contributed by atoms with E-state index in [-0.39, 0.29) is 0 Å². The topological polar surface area (TPSA) is 52.0 Å². The number of unbranched alkanes of at least 4 members (excludes halogenated alkanes) is 8. The van der Waals surface area contributed by atoms with Gasteiger partial charge in [-0.1, -0.05) is 63.4 Å². The number of hydrogen-bond donors (Lipinski definition) is 1. The first kappa shape index (κ1) is 14.1. The van der Waals surface area contributed by atoms with Crippen LogP contribution in [0.15, 0.2) is 10.6 Å². The maximum absolute atomic E-state index is 5.48. The van der Waals surface area contributed by atoms with Crippen LogP contribution in [-0.2, 0) is 6.42 Å². The minimum absolute atomic E-state index is 0.496. The standard InChI is InChI=1S/C14H26N2O/c1-2-3-4-5-6-7-8-9-10-11-13-12-14(15)16-17-13/h12H,2-11H2,1H3,(H2,15,16). The highest BCUT2D eigenvalue weighted by Crippen LogP contribution is 2.12. The Bertz CT molecular complexity index is 284. The Kier molecular flexibility index (Phi) is 7.52. The maximum atomic E-state index is 5.48. The number of anilines is 1. The number of rotatable bonds is 10. The number of hydrogen-bond acceptors (Lipinski definition) is 3. The number of nitrogens with zero attached hydrogens (tertiary/aromatic N) is 1. The lowest BCUT2D eigenvalue weighted by Crippen LogP contribution is -1.85. The molecule has 1 aromatic rings. The smallest absolute Gasteiger partial charge is 0.167 e. The van der Waals surface area contributed by atoms with E-state index in [1.807, 2.05) is 6.07 Å². The lowest BCUT2D eigenvalue weighted by Gasteiger charge is -2.00. The van der Waals surface area contributed by atoms with Crippen molar-refractivity contribution in [2.24, 2.45) is 0 Å². The lowest BCUT2D eigenvalue weighted by molar-refractivity contribution is 0.381. The van der Waals surface area contributed by atoms with Gasteiger partial charge in [0.2, 0.25) is 0 Å². The molecule has 0 atom stereocenters. The van der Waals surface area contributed by atoms with E-state index in [9.17, 15) is 0 Å². The molecule has 0 aliphatic rings. The predicted octanol–water partition coefficient (Wildman–Crippen LogP) is 4.33. The van der Waals surface area contributed by atoms with Gasteiger partial charge in [-0.3, -0.25) is 0 Å². The fraction of sp³-hybridized carbons (Fsp3) is 0.786. The zero-order valence-corrected chi connectivity index (χ0v) is 11.1. The summed E-state index contributed by atoms with van der Waals surface area (Å²) >= 11 is 0. The number of nitrogens with two attached hydrogens (primary N) is 1. The first-order valence-corrected chi connectivity index (χ1v) is 7.04. The van der Waals surface area contributed by atoms with Crippen molar-refractivity contribution in [2.45, 2.75) is 71.1 Å². The summed E-state index contributed by atoms with van der Waals surface area (Å²) in [4.78, 5) is 0. The van der Waals surface area contributed by atoms with Gasteiger partial charge in [0.25, 0.3) is 0 Å². The van der Waals surface area contributed by atoms with Crippen LogP contribution in [0.3, 0.4) is 0 Å². The molecular weight excluding hydrogens is 212 g/mol. The van der Waals surface area contributed by atoms with E-state index in [4.69, 9.17) is 10.3 Å². The van der Waals surface area contributed by atoms with Crippen molar-refractivity contribution in [3.8, 4) is 0 Å². The molecule has 1 heterocycles. The highest BCUT2D eigenvalue weighted by Gasteiger charge is 2.00. The van der Waals surface area contributed by atoms with Crippen LogP contribution in [0.2, 0.25) is 0 Å². The Balaban J connectivity index is 1.84. The summed E-state index contributed by atoms with van der Waals surface area (Å²) in [5.74, 6) is 1.42. The molecule has 3 nitrogen and oxygen atoms in total. The van der Waals surface area contributed by atoms with Gasteiger partial charge in [0.1, 0.15) is 5.76 Å². The van der Waals surface area contributed by atoms with Gasteiger partial charge in [-0.15, -0.1) is 0 Å². The molecule has 2 N–H and O–H groups in total. The molecular formula is C14H26N2O. The maximum Gasteiger partial charge on any atom is 0.167 e. The Morgan fingerprint density at radius 1 is 1.00 bits per heavy atom. The summed E-state index contributed by atoms with van der Waals surface area (Å²) in [6.07, 6.45) is 13.1. The van der Waals surface area contributed by atoms with Gasteiger partial charge in [-0.2, -0.15) is 0 Å². The van der Waals surface area contributed by atoms with Gasteiger partial charge in [-0.05, 0) is 6.42 Å². The van der Waals surface area contributed by atoms with E-state index >= 15 is 0 Å². The quantitative estimate of drug-likeness (QED) is 0.617. The van der Waals surface area contributed by atoms with Gasteiger partial charge in [0.15, 0.2) is 5.82 Å². The molecule has 0 aliphatic heterocycles. The largest absolute Gasteiger partial charge is 0.381 e. The molecule has 0 spiro atoms. The Hall–Kier alpha value is -0.990. The van der Waals surface area contributed by atoms with Crippen LogP contribution in [0, 0.1) is 0 Å². The highest BCUT2D eigenvalue weighted by atomic mass is 16.5. The SMILES string of the molecule is CCCCCCCCCCCc1cc(N)no1. The second-order valence-electron chi connectivity index (χ2n) is 4.80. The second-order valence-corrected chi connectivity index (χ2v) is 4.80. The van der Waals surface area contributed by atoms with Crippen LogP contribution in [0.1, 0.15) is 70.5 Å². The van der Waals surface area contributed by atoms with Crippen molar-refractivity contribution in [1.82, 2.24) is 5.16 Å². The molecule has 0 saturated carbocycles. The Labute approximate surface area is 105 Å². The fourth-order valence-electron chi connectivity index (χ4n) is 2.06. The summed E-state index contributed by atoms with van der Waals surface area (Å²) in [6.45, 7) is 2.26. The van der Waals surface area contributed by atoms with E-state index < -0.39 is 0 Å². The van der Waals surface area contributed by atoms with Crippen molar-refractivity contribution < 1.29 is 4.52 Å². The summed E-state index contributed by atoms with van der Waals surface area (Å²) < 4.78 is 5.06. The molecule has 0 unspecified atom stereocenters. The first-order valence-electron chi connectivity index (χ1n) is 7.04. The van der Waals surface area contributed by atoms with Gasteiger partial charge in [0, 0.05) is 12.5 Å². The van der Waals surface area contributed by atoms with E-state index in [1.165, 1.54) is 57.8 Å². The van der Waals surface area contributed by atoms with E-state index in [2.05, 4.69) is 12.1 Å². The Morgan fingerprint density at radius 2 is 1.59 bits per heavy atom. The van der Waals surface area contributed by atoms with E-state index in [1.54, 1.807) is 0 Å². The normalized spacial score (nSPS) is 10.9. The first-order chi connectivity index (χ1) is 8.33. The molecule has 0 aromatic carbocycles. The van der Waals surface area contributed by atoms with Crippen LogP contribution in [0.5, 0.6) is 0 Å².